The maximum absolute atomic E-state index is 13.3. The summed E-state index contributed by atoms with van der Waals surface area (Å²) in [6, 6.07) is 3.98. The average Bonchev–Trinajstić information content (AvgIpc) is 2.49. The summed E-state index contributed by atoms with van der Waals surface area (Å²) < 4.78 is 13.8. The van der Waals surface area contributed by atoms with Gasteiger partial charge in [0, 0.05) is 17.6 Å². The number of hydrogen-bond acceptors (Lipinski definition) is 2. The number of benzene rings is 1. The summed E-state index contributed by atoms with van der Waals surface area (Å²) in [5.41, 5.74) is -0.468. The highest BCUT2D eigenvalue weighted by Gasteiger charge is 2.41. The number of piperidine rings is 1. The number of rotatable bonds is 3. The quantitative estimate of drug-likeness (QED) is 0.902. The summed E-state index contributed by atoms with van der Waals surface area (Å²) in [7, 11) is 0. The maximum Gasteiger partial charge on any atom is 0.309 e. The zero-order valence-electron chi connectivity index (χ0n) is 11.7. The van der Waals surface area contributed by atoms with Crippen LogP contribution in [-0.4, -0.2) is 35.0 Å². The van der Waals surface area contributed by atoms with Gasteiger partial charge in [0.05, 0.1) is 11.0 Å². The number of likely N-dealkylation sites (tertiary alicyclic amines) is 1. The Bertz CT molecular complexity index is 568. The predicted molar refractivity (Wildman–Crippen MR) is 79.6 cm³/mol. The van der Waals surface area contributed by atoms with E-state index in [9.17, 15) is 19.1 Å². The van der Waals surface area contributed by atoms with E-state index in [2.05, 4.69) is 15.9 Å². The van der Waals surface area contributed by atoms with Gasteiger partial charge in [-0.3, -0.25) is 9.59 Å². The van der Waals surface area contributed by atoms with Crippen molar-refractivity contribution in [1.82, 2.24) is 4.90 Å². The van der Waals surface area contributed by atoms with Crippen molar-refractivity contribution < 1.29 is 19.1 Å². The topological polar surface area (TPSA) is 57.6 Å². The summed E-state index contributed by atoms with van der Waals surface area (Å²) >= 11 is 3.25. The van der Waals surface area contributed by atoms with Crippen molar-refractivity contribution in [3.05, 3.63) is 34.1 Å². The summed E-state index contributed by atoms with van der Waals surface area (Å²) in [6.45, 7) is 2.61. The van der Waals surface area contributed by atoms with Crippen molar-refractivity contribution in [3.63, 3.8) is 0 Å². The molecule has 0 radical (unpaired) electrons. The number of halogens is 2. The maximum atomic E-state index is 13.3. The fourth-order valence-electron chi connectivity index (χ4n) is 2.69. The number of carboxylic acid groups (broad SMARTS) is 1. The van der Waals surface area contributed by atoms with Gasteiger partial charge in [-0.25, -0.2) is 4.39 Å². The molecule has 0 spiro atoms. The second-order valence-electron chi connectivity index (χ2n) is 5.36. The molecule has 2 rings (SSSR count). The van der Waals surface area contributed by atoms with Crippen LogP contribution in [0.2, 0.25) is 0 Å². The molecule has 1 amide bonds. The van der Waals surface area contributed by atoms with Crippen LogP contribution in [0.5, 0.6) is 0 Å². The fourth-order valence-corrected chi connectivity index (χ4v) is 3.10. The highest BCUT2D eigenvalue weighted by molar-refractivity contribution is 9.10. The van der Waals surface area contributed by atoms with Gasteiger partial charge >= 0.3 is 5.97 Å². The lowest BCUT2D eigenvalue weighted by Crippen LogP contribution is -2.46. The van der Waals surface area contributed by atoms with Crippen molar-refractivity contribution >= 4 is 27.8 Å². The standard InChI is InChI=1S/C15H17BrFNO3/c1-2-15(14(20)21)5-7-18(8-6-15)13(19)11-9-10(17)3-4-12(11)16/h3-4,9H,2,5-8H2,1H3,(H,20,21). The molecule has 1 aromatic carbocycles. The molecule has 0 bridgehead atoms. The lowest BCUT2D eigenvalue weighted by Gasteiger charge is -2.38. The first-order valence-corrected chi connectivity index (χ1v) is 7.66. The molecule has 0 aliphatic carbocycles. The molecule has 1 N–H and O–H groups in total. The number of nitrogens with zero attached hydrogens (tertiary/aromatic N) is 1. The van der Waals surface area contributed by atoms with Crippen LogP contribution in [0.3, 0.4) is 0 Å². The van der Waals surface area contributed by atoms with Crippen molar-refractivity contribution in [2.24, 2.45) is 5.41 Å². The number of amides is 1. The Hall–Kier alpha value is -1.43. The summed E-state index contributed by atoms with van der Waals surface area (Å²) in [5.74, 6) is -1.53. The largest absolute Gasteiger partial charge is 0.481 e. The molecule has 1 aromatic rings. The minimum absolute atomic E-state index is 0.267. The summed E-state index contributed by atoms with van der Waals surface area (Å²) in [4.78, 5) is 25.4. The van der Waals surface area contributed by atoms with Gasteiger partial charge in [-0.1, -0.05) is 6.92 Å². The van der Waals surface area contributed by atoms with Gasteiger partial charge < -0.3 is 10.0 Å². The average molecular weight is 358 g/mol. The third kappa shape index (κ3) is 3.10. The molecular formula is C15H17BrFNO3. The highest BCUT2D eigenvalue weighted by Crippen LogP contribution is 2.35. The zero-order valence-corrected chi connectivity index (χ0v) is 13.3. The molecule has 1 saturated heterocycles. The van der Waals surface area contributed by atoms with Gasteiger partial charge in [0.25, 0.3) is 5.91 Å². The first kappa shape index (κ1) is 15.9. The minimum Gasteiger partial charge on any atom is -0.481 e. The minimum atomic E-state index is -0.802. The van der Waals surface area contributed by atoms with Gasteiger partial charge in [0.1, 0.15) is 5.82 Å². The Balaban J connectivity index is 2.13. The third-order valence-corrected chi connectivity index (χ3v) is 4.99. The predicted octanol–water partition coefficient (Wildman–Crippen LogP) is 3.31. The van der Waals surface area contributed by atoms with Gasteiger partial charge in [-0.05, 0) is 53.4 Å². The van der Waals surface area contributed by atoms with E-state index in [0.717, 1.165) is 0 Å². The van der Waals surface area contributed by atoms with Gasteiger partial charge in [0.15, 0.2) is 0 Å². The van der Waals surface area contributed by atoms with E-state index < -0.39 is 17.2 Å². The van der Waals surface area contributed by atoms with Crippen LogP contribution in [0.4, 0.5) is 4.39 Å². The Kier molecular flexibility index (Phi) is 4.66. The molecule has 1 aliphatic heterocycles. The van der Waals surface area contributed by atoms with E-state index in [1.54, 1.807) is 4.90 Å². The van der Waals surface area contributed by atoms with Crippen LogP contribution < -0.4 is 0 Å². The summed E-state index contributed by atoms with van der Waals surface area (Å²) in [5, 5.41) is 9.35. The lowest BCUT2D eigenvalue weighted by molar-refractivity contribution is -0.152. The van der Waals surface area contributed by atoms with E-state index in [-0.39, 0.29) is 11.5 Å². The Morgan fingerprint density at radius 3 is 2.52 bits per heavy atom. The molecule has 1 heterocycles. The van der Waals surface area contributed by atoms with Crippen LogP contribution in [0.15, 0.2) is 22.7 Å². The molecule has 0 saturated carbocycles. The van der Waals surface area contributed by atoms with Crippen LogP contribution in [0, 0.1) is 11.2 Å². The van der Waals surface area contributed by atoms with E-state index in [1.165, 1.54) is 18.2 Å². The monoisotopic (exact) mass is 357 g/mol. The molecule has 0 atom stereocenters. The normalized spacial score (nSPS) is 17.6. The Morgan fingerprint density at radius 2 is 2.00 bits per heavy atom. The fraction of sp³-hybridized carbons (Fsp3) is 0.467. The molecule has 21 heavy (non-hydrogen) atoms. The lowest BCUT2D eigenvalue weighted by atomic mass is 9.76. The number of carboxylic acids is 1. The van der Waals surface area contributed by atoms with E-state index in [1.807, 2.05) is 6.92 Å². The molecule has 114 valence electrons. The van der Waals surface area contributed by atoms with E-state index in [4.69, 9.17) is 0 Å². The third-order valence-electron chi connectivity index (χ3n) is 4.30. The van der Waals surface area contributed by atoms with E-state index >= 15 is 0 Å². The molecule has 0 aromatic heterocycles. The van der Waals surface area contributed by atoms with Crippen molar-refractivity contribution in [2.75, 3.05) is 13.1 Å². The zero-order chi connectivity index (χ0) is 15.6. The smallest absolute Gasteiger partial charge is 0.309 e. The molecule has 4 nitrogen and oxygen atoms in total. The first-order chi connectivity index (χ1) is 9.89. The number of carbonyl (C=O) groups is 2. The molecule has 1 fully saturated rings. The van der Waals surface area contributed by atoms with Crippen LogP contribution in [0.1, 0.15) is 36.5 Å². The van der Waals surface area contributed by atoms with Crippen molar-refractivity contribution in [3.8, 4) is 0 Å². The Labute approximate surface area is 131 Å². The molecule has 6 heteroatoms. The van der Waals surface area contributed by atoms with Crippen LogP contribution in [-0.2, 0) is 4.79 Å². The number of carbonyl (C=O) groups excluding carboxylic acids is 1. The number of hydrogen-bond donors (Lipinski definition) is 1. The highest BCUT2D eigenvalue weighted by atomic mass is 79.9. The van der Waals surface area contributed by atoms with Crippen molar-refractivity contribution in [1.29, 1.82) is 0 Å². The van der Waals surface area contributed by atoms with Crippen molar-refractivity contribution in [2.45, 2.75) is 26.2 Å². The Morgan fingerprint density at radius 1 is 1.38 bits per heavy atom. The first-order valence-electron chi connectivity index (χ1n) is 6.87. The molecule has 0 unspecified atom stereocenters. The van der Waals surface area contributed by atoms with Gasteiger partial charge in [0.2, 0.25) is 0 Å². The molecule has 1 aliphatic rings. The second kappa shape index (κ2) is 6.13. The van der Waals surface area contributed by atoms with Gasteiger partial charge in [-0.15, -0.1) is 0 Å². The van der Waals surface area contributed by atoms with Gasteiger partial charge in [-0.2, -0.15) is 0 Å². The molecular weight excluding hydrogens is 341 g/mol. The van der Waals surface area contributed by atoms with E-state index in [0.29, 0.717) is 36.8 Å². The number of aliphatic carboxylic acids is 1. The second-order valence-corrected chi connectivity index (χ2v) is 6.21. The van der Waals surface area contributed by atoms with Crippen LogP contribution >= 0.6 is 15.9 Å². The summed E-state index contributed by atoms with van der Waals surface area (Å²) in [6.07, 6.45) is 1.41. The van der Waals surface area contributed by atoms with Crippen LogP contribution in [0.25, 0.3) is 0 Å². The SMILES string of the molecule is CCC1(C(=O)O)CCN(C(=O)c2cc(F)ccc2Br)CC1.